The van der Waals surface area contributed by atoms with Crippen LogP contribution in [0, 0.1) is 0 Å². The fraction of sp³-hybridized carbons (Fsp3) is 0.133. The molecule has 0 saturated heterocycles. The molecule has 0 radical (unpaired) electrons. The number of amides is 2. The van der Waals surface area contributed by atoms with E-state index in [9.17, 15) is 9.59 Å². The summed E-state index contributed by atoms with van der Waals surface area (Å²) in [5, 5.41) is 0.833. The van der Waals surface area contributed by atoms with E-state index < -0.39 is 11.8 Å². The topological polar surface area (TPSA) is 59.5 Å². The Morgan fingerprint density at radius 1 is 1.05 bits per heavy atom. The Morgan fingerprint density at radius 2 is 1.67 bits per heavy atom. The molecule has 2 heterocycles. The summed E-state index contributed by atoms with van der Waals surface area (Å²) in [6.07, 6.45) is 1.70. The molecule has 2 aromatic rings. The number of rotatable bonds is 4. The number of alkyl halides is 1. The molecular weight excluding hydrogens is 383 g/mol. The van der Waals surface area contributed by atoms with Crippen molar-refractivity contribution in [2.45, 2.75) is 3.92 Å². The molecule has 2 amide bonds. The molecule has 1 aromatic carbocycles. The fourth-order valence-electron chi connectivity index (χ4n) is 2.07. The number of halogens is 1. The Labute approximate surface area is 135 Å². The molecule has 0 fully saturated rings. The van der Waals surface area contributed by atoms with Gasteiger partial charge in [0, 0.05) is 6.20 Å². The summed E-state index contributed by atoms with van der Waals surface area (Å²) >= 11 is 2.17. The Kier molecular flexibility index (Phi) is 3.98. The zero-order valence-electron chi connectivity index (χ0n) is 10.9. The van der Waals surface area contributed by atoms with Crippen LogP contribution in [-0.4, -0.2) is 28.5 Å². The Morgan fingerprint density at radius 3 is 2.24 bits per heavy atom. The number of imide groups is 1. The average Bonchev–Trinajstić information content (AvgIpc) is 2.78. The monoisotopic (exact) mass is 394 g/mol. The molecule has 0 aliphatic carbocycles. The number of carbonyl (C=O) groups excluding carboxylic acids is 2. The third kappa shape index (κ3) is 2.68. The van der Waals surface area contributed by atoms with Crippen LogP contribution in [-0.2, 0) is 4.84 Å². The van der Waals surface area contributed by atoms with Gasteiger partial charge in [-0.2, -0.15) is 0 Å². The minimum atomic E-state index is -0.416. The quantitative estimate of drug-likeness (QED) is 0.455. The second-order valence-electron chi connectivity index (χ2n) is 4.47. The van der Waals surface area contributed by atoms with Gasteiger partial charge in [0.2, 0.25) is 0 Å². The summed E-state index contributed by atoms with van der Waals surface area (Å²) in [6.45, 7) is 0.197. The summed E-state index contributed by atoms with van der Waals surface area (Å²) in [5.74, 6) is -0.833. The molecule has 0 saturated carbocycles. The van der Waals surface area contributed by atoms with Crippen LogP contribution in [0.1, 0.15) is 30.3 Å². The van der Waals surface area contributed by atoms with Crippen LogP contribution >= 0.6 is 22.6 Å². The molecule has 1 aromatic heterocycles. The number of carbonyl (C=O) groups is 2. The second-order valence-corrected chi connectivity index (χ2v) is 5.97. The number of aromatic nitrogens is 1. The van der Waals surface area contributed by atoms with Crippen LogP contribution in [0.5, 0.6) is 0 Å². The second kappa shape index (κ2) is 5.90. The Hall–Kier alpha value is -1.80. The summed E-state index contributed by atoms with van der Waals surface area (Å²) in [5.41, 5.74) is 1.60. The number of pyridine rings is 1. The molecule has 0 unspecified atom stereocenters. The molecule has 0 bridgehead atoms. The standard InChI is InChI=1S/C15H11IN2O3/c16-12(13-7-3-4-8-17-13)9-21-18-14(19)10-5-1-2-6-11(10)15(18)20/h1-8,12H,9H2/t12-/m0/s1. The highest BCUT2D eigenvalue weighted by molar-refractivity contribution is 14.1. The average molecular weight is 394 g/mol. The number of nitrogens with zero attached hydrogens (tertiary/aromatic N) is 2. The van der Waals surface area contributed by atoms with E-state index in [1.165, 1.54) is 0 Å². The molecule has 3 rings (SSSR count). The lowest BCUT2D eigenvalue weighted by molar-refractivity contribution is -0.0900. The number of benzene rings is 1. The first-order chi connectivity index (χ1) is 10.2. The number of hydrogen-bond donors (Lipinski definition) is 0. The molecule has 0 spiro atoms. The smallest absolute Gasteiger partial charge is 0.266 e. The Bertz CT molecular complexity index is 655. The minimum absolute atomic E-state index is 0.0480. The van der Waals surface area contributed by atoms with Crippen molar-refractivity contribution < 1.29 is 14.4 Å². The van der Waals surface area contributed by atoms with E-state index in [-0.39, 0.29) is 10.5 Å². The van der Waals surface area contributed by atoms with Gasteiger partial charge in [-0.1, -0.05) is 40.8 Å². The predicted molar refractivity (Wildman–Crippen MR) is 83.9 cm³/mol. The van der Waals surface area contributed by atoms with E-state index in [1.807, 2.05) is 18.2 Å². The molecule has 1 atom stereocenters. The van der Waals surface area contributed by atoms with Crippen LogP contribution in [0.4, 0.5) is 0 Å². The molecule has 1 aliphatic rings. The summed E-state index contributed by atoms with van der Waals surface area (Å²) in [4.78, 5) is 33.9. The first kappa shape index (κ1) is 14.2. The van der Waals surface area contributed by atoms with Crippen LogP contribution in [0.25, 0.3) is 0 Å². The minimum Gasteiger partial charge on any atom is -0.266 e. The maximum atomic E-state index is 12.1. The molecule has 106 valence electrons. The first-order valence-corrected chi connectivity index (χ1v) is 7.59. The van der Waals surface area contributed by atoms with Crippen molar-refractivity contribution >= 4 is 34.4 Å². The molecule has 1 aliphatic heterocycles. The lowest BCUT2D eigenvalue weighted by Crippen LogP contribution is -2.31. The fourth-order valence-corrected chi connectivity index (χ4v) is 2.60. The van der Waals surface area contributed by atoms with Crippen LogP contribution in [0.2, 0.25) is 0 Å². The van der Waals surface area contributed by atoms with E-state index in [4.69, 9.17) is 4.84 Å². The summed E-state index contributed by atoms with van der Waals surface area (Å²) < 4.78 is -0.0480. The summed E-state index contributed by atoms with van der Waals surface area (Å²) in [7, 11) is 0. The van der Waals surface area contributed by atoms with E-state index in [1.54, 1.807) is 30.5 Å². The highest BCUT2D eigenvalue weighted by Crippen LogP contribution is 2.26. The van der Waals surface area contributed by atoms with Gasteiger partial charge in [-0.3, -0.25) is 19.4 Å². The third-order valence-corrected chi connectivity index (χ3v) is 4.11. The van der Waals surface area contributed by atoms with E-state index in [2.05, 4.69) is 27.6 Å². The van der Waals surface area contributed by atoms with Crippen LogP contribution < -0.4 is 0 Å². The van der Waals surface area contributed by atoms with Gasteiger partial charge < -0.3 is 0 Å². The normalized spacial score (nSPS) is 15.2. The highest BCUT2D eigenvalue weighted by atomic mass is 127. The molecular formula is C15H11IN2O3. The van der Waals surface area contributed by atoms with Crippen molar-refractivity contribution in [2.24, 2.45) is 0 Å². The van der Waals surface area contributed by atoms with Crippen molar-refractivity contribution in [1.82, 2.24) is 10.0 Å². The third-order valence-electron chi connectivity index (χ3n) is 3.12. The number of hydrogen-bond acceptors (Lipinski definition) is 4. The van der Waals surface area contributed by atoms with Crippen LogP contribution in [0.15, 0.2) is 48.7 Å². The molecule has 6 heteroatoms. The van der Waals surface area contributed by atoms with Crippen molar-refractivity contribution in [1.29, 1.82) is 0 Å². The number of hydroxylamine groups is 2. The first-order valence-electron chi connectivity index (χ1n) is 6.34. The maximum absolute atomic E-state index is 12.1. The van der Waals surface area contributed by atoms with E-state index in [0.29, 0.717) is 11.1 Å². The number of fused-ring (bicyclic) bond motifs is 1. The van der Waals surface area contributed by atoms with Gasteiger partial charge in [0.1, 0.15) is 0 Å². The molecule has 5 nitrogen and oxygen atoms in total. The molecule has 0 N–H and O–H groups in total. The summed E-state index contributed by atoms with van der Waals surface area (Å²) in [6, 6.07) is 12.3. The maximum Gasteiger partial charge on any atom is 0.285 e. The predicted octanol–water partition coefficient (Wildman–Crippen LogP) is 2.79. The van der Waals surface area contributed by atoms with Crippen molar-refractivity contribution in [3.05, 3.63) is 65.5 Å². The van der Waals surface area contributed by atoms with Gasteiger partial charge >= 0.3 is 0 Å². The van der Waals surface area contributed by atoms with Gasteiger partial charge in [-0.25, -0.2) is 0 Å². The SMILES string of the molecule is O=C1c2ccccc2C(=O)N1OC[C@H](I)c1ccccn1. The lowest BCUT2D eigenvalue weighted by Gasteiger charge is -2.16. The Balaban J connectivity index is 1.70. The van der Waals surface area contributed by atoms with Gasteiger partial charge in [0.25, 0.3) is 11.8 Å². The van der Waals surface area contributed by atoms with E-state index >= 15 is 0 Å². The van der Waals surface area contributed by atoms with Crippen molar-refractivity contribution in [3.8, 4) is 0 Å². The van der Waals surface area contributed by atoms with Crippen LogP contribution in [0.3, 0.4) is 0 Å². The lowest BCUT2D eigenvalue weighted by atomic mass is 10.1. The van der Waals surface area contributed by atoms with Crippen molar-refractivity contribution in [3.63, 3.8) is 0 Å². The zero-order chi connectivity index (χ0) is 14.8. The molecule has 21 heavy (non-hydrogen) atoms. The highest BCUT2D eigenvalue weighted by Gasteiger charge is 2.36. The largest absolute Gasteiger partial charge is 0.285 e. The van der Waals surface area contributed by atoms with Gasteiger partial charge in [0.05, 0.1) is 27.4 Å². The van der Waals surface area contributed by atoms with Gasteiger partial charge in [0.15, 0.2) is 0 Å². The van der Waals surface area contributed by atoms with Crippen molar-refractivity contribution in [2.75, 3.05) is 6.61 Å². The van der Waals surface area contributed by atoms with Gasteiger partial charge in [-0.05, 0) is 24.3 Å². The van der Waals surface area contributed by atoms with E-state index in [0.717, 1.165) is 10.8 Å². The van der Waals surface area contributed by atoms with Gasteiger partial charge in [-0.15, -0.1) is 5.06 Å². The zero-order valence-corrected chi connectivity index (χ0v) is 13.1.